The molecule has 21 heavy (non-hydrogen) atoms. The summed E-state index contributed by atoms with van der Waals surface area (Å²) in [5.41, 5.74) is 3.09. The van der Waals surface area contributed by atoms with Gasteiger partial charge in [0.05, 0.1) is 27.4 Å². The van der Waals surface area contributed by atoms with Crippen LogP contribution in [-0.4, -0.2) is 24.9 Å². The molecule has 108 valence electrons. The Bertz CT molecular complexity index is 784. The summed E-state index contributed by atoms with van der Waals surface area (Å²) in [6.45, 7) is 4.06. The first-order chi connectivity index (χ1) is 10.1. The van der Waals surface area contributed by atoms with E-state index < -0.39 is 6.10 Å². The van der Waals surface area contributed by atoms with Crippen molar-refractivity contribution in [1.29, 1.82) is 0 Å². The Morgan fingerprint density at radius 1 is 1.14 bits per heavy atom. The number of halogens is 1. The molecular weight excluding hydrogens is 332 g/mol. The average molecular weight is 347 g/mol. The zero-order chi connectivity index (χ0) is 15.0. The van der Waals surface area contributed by atoms with E-state index in [2.05, 4.69) is 31.0 Å². The Kier molecular flexibility index (Phi) is 3.73. The molecule has 0 radical (unpaired) electrons. The zero-order valence-corrected chi connectivity index (χ0v) is 13.3. The van der Waals surface area contributed by atoms with Crippen LogP contribution in [0.3, 0.4) is 0 Å². The monoisotopic (exact) mass is 346 g/mol. The minimum Gasteiger partial charge on any atom is -0.382 e. The lowest BCUT2D eigenvalue weighted by molar-refractivity contribution is 0.204. The lowest BCUT2D eigenvalue weighted by atomic mass is 10.1. The van der Waals surface area contributed by atoms with E-state index in [1.807, 2.05) is 36.7 Å². The van der Waals surface area contributed by atoms with Crippen molar-refractivity contribution in [3.63, 3.8) is 0 Å². The maximum absolute atomic E-state index is 10.7. The Morgan fingerprint density at radius 2 is 1.86 bits per heavy atom. The lowest BCUT2D eigenvalue weighted by Gasteiger charge is -2.17. The number of nitrogens with zero attached hydrogens (tertiary/aromatic N) is 4. The summed E-state index contributed by atoms with van der Waals surface area (Å²) in [6.07, 6.45) is 4.24. The number of fused-ring (bicyclic) bond motifs is 1. The van der Waals surface area contributed by atoms with Gasteiger partial charge in [-0.3, -0.25) is 14.6 Å². The van der Waals surface area contributed by atoms with E-state index in [-0.39, 0.29) is 6.04 Å². The predicted octanol–water partition coefficient (Wildman–Crippen LogP) is 3.25. The van der Waals surface area contributed by atoms with Gasteiger partial charge in [0.25, 0.3) is 0 Å². The standard InChI is InChI=1S/C15H15BrN4O/c1-9(2)20-14(11(16)8-19-20)15(21)10-3-4-12-13(7-10)18-6-5-17-12/h3-9,15,21H,1-2H3. The van der Waals surface area contributed by atoms with E-state index in [1.165, 1.54) is 0 Å². The fraction of sp³-hybridized carbons (Fsp3) is 0.267. The van der Waals surface area contributed by atoms with Gasteiger partial charge in [-0.25, -0.2) is 0 Å². The number of hydrogen-bond donors (Lipinski definition) is 1. The van der Waals surface area contributed by atoms with Crippen molar-refractivity contribution in [2.45, 2.75) is 26.0 Å². The maximum atomic E-state index is 10.7. The number of aliphatic hydroxyl groups is 1. The molecule has 0 aliphatic heterocycles. The van der Waals surface area contributed by atoms with E-state index >= 15 is 0 Å². The van der Waals surface area contributed by atoms with Crippen LogP contribution in [0.2, 0.25) is 0 Å². The maximum Gasteiger partial charge on any atom is 0.122 e. The van der Waals surface area contributed by atoms with E-state index in [0.717, 1.165) is 26.8 Å². The van der Waals surface area contributed by atoms with Gasteiger partial charge in [-0.15, -0.1) is 0 Å². The van der Waals surface area contributed by atoms with Crippen molar-refractivity contribution in [3.05, 3.63) is 52.5 Å². The molecule has 0 saturated carbocycles. The molecule has 2 aromatic heterocycles. The molecule has 0 amide bonds. The van der Waals surface area contributed by atoms with Crippen molar-refractivity contribution in [1.82, 2.24) is 19.7 Å². The number of aromatic nitrogens is 4. The van der Waals surface area contributed by atoms with Crippen LogP contribution >= 0.6 is 15.9 Å². The fourth-order valence-corrected chi connectivity index (χ4v) is 2.82. The molecule has 3 aromatic rings. The van der Waals surface area contributed by atoms with Gasteiger partial charge in [0.1, 0.15) is 6.10 Å². The van der Waals surface area contributed by atoms with Gasteiger partial charge in [0.2, 0.25) is 0 Å². The first-order valence-corrected chi connectivity index (χ1v) is 7.49. The van der Waals surface area contributed by atoms with Gasteiger partial charge >= 0.3 is 0 Å². The van der Waals surface area contributed by atoms with E-state index in [4.69, 9.17) is 0 Å². The second-order valence-corrected chi connectivity index (χ2v) is 5.98. The summed E-state index contributed by atoms with van der Waals surface area (Å²) >= 11 is 3.46. The van der Waals surface area contributed by atoms with Crippen molar-refractivity contribution in [2.24, 2.45) is 0 Å². The Morgan fingerprint density at radius 3 is 2.57 bits per heavy atom. The third-order valence-corrected chi connectivity index (χ3v) is 3.96. The first-order valence-electron chi connectivity index (χ1n) is 6.69. The normalized spacial score (nSPS) is 13.0. The van der Waals surface area contributed by atoms with Crippen LogP contribution in [0.25, 0.3) is 11.0 Å². The van der Waals surface area contributed by atoms with Crippen molar-refractivity contribution in [2.75, 3.05) is 0 Å². The summed E-state index contributed by atoms with van der Waals surface area (Å²) < 4.78 is 2.61. The number of aliphatic hydroxyl groups excluding tert-OH is 1. The number of rotatable bonds is 3. The van der Waals surface area contributed by atoms with E-state index in [0.29, 0.717) is 0 Å². The molecule has 1 N–H and O–H groups in total. The topological polar surface area (TPSA) is 63.8 Å². The third kappa shape index (κ3) is 2.56. The average Bonchev–Trinajstić information content (AvgIpc) is 2.88. The van der Waals surface area contributed by atoms with Crippen LogP contribution in [0.1, 0.15) is 37.3 Å². The van der Waals surface area contributed by atoms with Crippen LogP contribution in [0.15, 0.2) is 41.3 Å². The Hall–Kier alpha value is -1.79. The minimum absolute atomic E-state index is 0.168. The highest BCUT2D eigenvalue weighted by Crippen LogP contribution is 2.31. The van der Waals surface area contributed by atoms with Crippen LogP contribution in [0, 0.1) is 0 Å². The van der Waals surface area contributed by atoms with Crippen LogP contribution < -0.4 is 0 Å². The third-order valence-electron chi connectivity index (χ3n) is 3.34. The second kappa shape index (κ2) is 5.54. The fourth-order valence-electron chi connectivity index (χ4n) is 2.33. The Balaban J connectivity index is 2.08. The summed E-state index contributed by atoms with van der Waals surface area (Å²) in [6, 6.07) is 5.76. The molecule has 1 aromatic carbocycles. The smallest absolute Gasteiger partial charge is 0.122 e. The van der Waals surface area contributed by atoms with Gasteiger partial charge < -0.3 is 5.11 Å². The molecule has 0 saturated heterocycles. The molecule has 0 spiro atoms. The molecule has 5 nitrogen and oxygen atoms in total. The largest absolute Gasteiger partial charge is 0.382 e. The SMILES string of the molecule is CC(C)n1ncc(Br)c1C(O)c1ccc2nccnc2c1. The molecule has 0 fully saturated rings. The molecule has 0 aliphatic carbocycles. The highest BCUT2D eigenvalue weighted by Gasteiger charge is 2.21. The minimum atomic E-state index is -0.768. The van der Waals surface area contributed by atoms with Crippen LogP contribution in [0.4, 0.5) is 0 Å². The second-order valence-electron chi connectivity index (χ2n) is 5.12. The van der Waals surface area contributed by atoms with Crippen LogP contribution in [0.5, 0.6) is 0 Å². The molecule has 3 rings (SSSR count). The number of hydrogen-bond acceptors (Lipinski definition) is 4. The molecule has 0 bridgehead atoms. The van der Waals surface area contributed by atoms with Gasteiger partial charge in [-0.1, -0.05) is 6.07 Å². The van der Waals surface area contributed by atoms with Gasteiger partial charge in [-0.05, 0) is 47.5 Å². The number of benzene rings is 1. The summed E-state index contributed by atoms with van der Waals surface area (Å²) in [5.74, 6) is 0. The van der Waals surface area contributed by atoms with Gasteiger partial charge in [0.15, 0.2) is 0 Å². The zero-order valence-electron chi connectivity index (χ0n) is 11.7. The predicted molar refractivity (Wildman–Crippen MR) is 83.9 cm³/mol. The van der Waals surface area contributed by atoms with Crippen molar-refractivity contribution < 1.29 is 5.11 Å². The molecule has 1 unspecified atom stereocenters. The summed E-state index contributed by atoms with van der Waals surface area (Å²) in [7, 11) is 0. The van der Waals surface area contributed by atoms with Crippen molar-refractivity contribution >= 4 is 27.0 Å². The van der Waals surface area contributed by atoms with Crippen LogP contribution in [-0.2, 0) is 0 Å². The lowest BCUT2D eigenvalue weighted by Crippen LogP contribution is -2.12. The van der Waals surface area contributed by atoms with Crippen molar-refractivity contribution in [3.8, 4) is 0 Å². The molecule has 6 heteroatoms. The first kappa shape index (κ1) is 14.2. The molecule has 0 aliphatic rings. The molecule has 1 atom stereocenters. The van der Waals surface area contributed by atoms with Gasteiger partial charge in [0, 0.05) is 18.4 Å². The van der Waals surface area contributed by atoms with Gasteiger partial charge in [-0.2, -0.15) is 5.10 Å². The summed E-state index contributed by atoms with van der Waals surface area (Å²) in [4.78, 5) is 8.51. The molecule has 2 heterocycles. The van der Waals surface area contributed by atoms with E-state index in [1.54, 1.807) is 18.6 Å². The highest BCUT2D eigenvalue weighted by atomic mass is 79.9. The highest BCUT2D eigenvalue weighted by molar-refractivity contribution is 9.10. The molecular formula is C15H15BrN4O. The Labute approximate surface area is 130 Å². The summed E-state index contributed by atoms with van der Waals surface area (Å²) in [5, 5.41) is 15.0. The quantitative estimate of drug-likeness (QED) is 0.790. The van der Waals surface area contributed by atoms with E-state index in [9.17, 15) is 5.11 Å².